The molecule has 0 aromatic heterocycles. The molecule has 4 nitrogen and oxygen atoms in total. The Morgan fingerprint density at radius 3 is 2.28 bits per heavy atom. The van der Waals surface area contributed by atoms with Gasteiger partial charge in [-0.25, -0.2) is 0 Å². The van der Waals surface area contributed by atoms with Crippen LogP contribution in [0.3, 0.4) is 0 Å². The van der Waals surface area contributed by atoms with E-state index in [-0.39, 0.29) is 6.23 Å². The van der Waals surface area contributed by atoms with Crippen LogP contribution in [0.15, 0.2) is 0 Å². The predicted octanol–water partition coefficient (Wildman–Crippen LogP) is 0.721. The van der Waals surface area contributed by atoms with Crippen LogP contribution in [-0.2, 0) is 0 Å². The number of rotatable bonds is 4. The summed E-state index contributed by atoms with van der Waals surface area (Å²) in [5, 5.41) is 12.6. The Morgan fingerprint density at radius 1 is 1.11 bits per heavy atom. The minimum atomic E-state index is -0.357. The molecule has 1 saturated carbocycles. The van der Waals surface area contributed by atoms with Crippen LogP contribution >= 0.6 is 0 Å². The van der Waals surface area contributed by atoms with Crippen LogP contribution in [0.25, 0.3) is 0 Å². The smallest absolute Gasteiger partial charge is 0.102 e. The van der Waals surface area contributed by atoms with E-state index < -0.39 is 0 Å². The largest absolute Gasteiger partial charge is 0.379 e. The van der Waals surface area contributed by atoms with Gasteiger partial charge in [0.05, 0.1) is 0 Å². The van der Waals surface area contributed by atoms with Crippen molar-refractivity contribution >= 4 is 0 Å². The van der Waals surface area contributed by atoms with E-state index in [9.17, 15) is 5.11 Å². The fraction of sp³-hybridized carbons (Fsp3) is 1.00. The summed E-state index contributed by atoms with van der Waals surface area (Å²) in [4.78, 5) is 5.05. The second-order valence-electron chi connectivity index (χ2n) is 6.16. The Kier molecular flexibility index (Phi) is 5.42. The zero-order valence-corrected chi connectivity index (χ0v) is 11.9. The Labute approximate surface area is 111 Å². The summed E-state index contributed by atoms with van der Waals surface area (Å²) in [6.45, 7) is 8.02. The SMILES string of the molecule is CC(O)NC1CCC(CN2CCN(C)CC2)CC1. The summed E-state index contributed by atoms with van der Waals surface area (Å²) in [5.74, 6) is 0.875. The molecule has 2 rings (SSSR count). The van der Waals surface area contributed by atoms with E-state index in [0.29, 0.717) is 6.04 Å². The highest BCUT2D eigenvalue weighted by molar-refractivity contribution is 4.80. The van der Waals surface area contributed by atoms with Crippen molar-refractivity contribution in [2.45, 2.75) is 44.9 Å². The van der Waals surface area contributed by atoms with Gasteiger partial charge in [-0.1, -0.05) is 0 Å². The minimum absolute atomic E-state index is 0.357. The molecule has 106 valence electrons. The molecule has 0 spiro atoms. The van der Waals surface area contributed by atoms with Crippen LogP contribution in [-0.4, -0.2) is 66.9 Å². The molecule has 0 aromatic carbocycles. The lowest BCUT2D eigenvalue weighted by Crippen LogP contribution is -2.47. The highest BCUT2D eigenvalue weighted by Crippen LogP contribution is 2.25. The molecule has 0 amide bonds. The maximum absolute atomic E-state index is 9.33. The molecule has 2 aliphatic rings. The van der Waals surface area contributed by atoms with Gasteiger partial charge in [0.15, 0.2) is 0 Å². The number of hydrogen-bond acceptors (Lipinski definition) is 4. The van der Waals surface area contributed by atoms with Gasteiger partial charge in [0, 0.05) is 38.8 Å². The summed E-state index contributed by atoms with van der Waals surface area (Å²) in [5.41, 5.74) is 0. The molecule has 1 saturated heterocycles. The average Bonchev–Trinajstić information content (AvgIpc) is 2.34. The molecule has 18 heavy (non-hydrogen) atoms. The molecular formula is C14H29N3O. The first-order chi connectivity index (χ1) is 8.63. The van der Waals surface area contributed by atoms with Gasteiger partial charge < -0.3 is 14.9 Å². The zero-order chi connectivity index (χ0) is 13.0. The summed E-state index contributed by atoms with van der Waals surface area (Å²) >= 11 is 0. The van der Waals surface area contributed by atoms with E-state index in [1.807, 2.05) is 6.92 Å². The second kappa shape index (κ2) is 6.85. The average molecular weight is 255 g/mol. The van der Waals surface area contributed by atoms with Gasteiger partial charge in [-0.3, -0.25) is 5.32 Å². The molecule has 2 N–H and O–H groups in total. The molecule has 0 radical (unpaired) electrons. The fourth-order valence-electron chi connectivity index (χ4n) is 3.25. The van der Waals surface area contributed by atoms with Gasteiger partial charge in [0.2, 0.25) is 0 Å². The van der Waals surface area contributed by atoms with Crippen molar-refractivity contribution in [2.24, 2.45) is 5.92 Å². The highest BCUT2D eigenvalue weighted by atomic mass is 16.3. The molecular weight excluding hydrogens is 226 g/mol. The third-order valence-corrected chi connectivity index (χ3v) is 4.44. The van der Waals surface area contributed by atoms with Gasteiger partial charge >= 0.3 is 0 Å². The molecule has 2 fully saturated rings. The molecule has 1 heterocycles. The van der Waals surface area contributed by atoms with Crippen LogP contribution in [0.2, 0.25) is 0 Å². The van der Waals surface area contributed by atoms with Crippen LogP contribution in [0.1, 0.15) is 32.6 Å². The Balaban J connectivity index is 1.64. The highest BCUT2D eigenvalue weighted by Gasteiger charge is 2.24. The van der Waals surface area contributed by atoms with Gasteiger partial charge in [-0.05, 0) is 45.6 Å². The van der Waals surface area contributed by atoms with Gasteiger partial charge in [-0.2, -0.15) is 0 Å². The second-order valence-corrected chi connectivity index (χ2v) is 6.16. The maximum atomic E-state index is 9.33. The number of aliphatic hydroxyl groups is 1. The van der Waals surface area contributed by atoms with Crippen LogP contribution in [0.4, 0.5) is 0 Å². The number of hydrogen-bond donors (Lipinski definition) is 2. The standard InChI is InChI=1S/C14H29N3O/c1-12(18)15-14-5-3-13(4-6-14)11-17-9-7-16(2)8-10-17/h12-15,18H,3-11H2,1-2H3. The van der Waals surface area contributed by atoms with E-state index >= 15 is 0 Å². The lowest BCUT2D eigenvalue weighted by molar-refractivity contribution is 0.103. The van der Waals surface area contributed by atoms with Crippen molar-refractivity contribution in [3.63, 3.8) is 0 Å². The summed E-state index contributed by atoms with van der Waals surface area (Å²) in [7, 11) is 2.21. The first-order valence-electron chi connectivity index (χ1n) is 7.48. The van der Waals surface area contributed by atoms with E-state index in [2.05, 4.69) is 22.2 Å². The van der Waals surface area contributed by atoms with E-state index in [4.69, 9.17) is 0 Å². The third-order valence-electron chi connectivity index (χ3n) is 4.44. The first kappa shape index (κ1) is 14.3. The van der Waals surface area contributed by atoms with Crippen LogP contribution in [0.5, 0.6) is 0 Å². The predicted molar refractivity (Wildman–Crippen MR) is 74.5 cm³/mol. The maximum Gasteiger partial charge on any atom is 0.102 e. The van der Waals surface area contributed by atoms with Crippen molar-refractivity contribution in [3.8, 4) is 0 Å². The lowest BCUT2D eigenvalue weighted by atomic mass is 9.85. The molecule has 0 bridgehead atoms. The molecule has 1 aliphatic carbocycles. The third kappa shape index (κ3) is 4.50. The quantitative estimate of drug-likeness (QED) is 0.726. The van der Waals surface area contributed by atoms with Gasteiger partial charge in [0.25, 0.3) is 0 Å². The number of nitrogens with one attached hydrogen (secondary N) is 1. The van der Waals surface area contributed by atoms with E-state index in [0.717, 1.165) is 5.92 Å². The van der Waals surface area contributed by atoms with E-state index in [1.54, 1.807) is 0 Å². The molecule has 1 atom stereocenters. The van der Waals surface area contributed by atoms with Gasteiger partial charge in [0.1, 0.15) is 6.23 Å². The van der Waals surface area contributed by atoms with Crippen molar-refractivity contribution in [2.75, 3.05) is 39.8 Å². The van der Waals surface area contributed by atoms with Crippen molar-refractivity contribution < 1.29 is 5.11 Å². The zero-order valence-electron chi connectivity index (χ0n) is 11.9. The van der Waals surface area contributed by atoms with Crippen molar-refractivity contribution in [3.05, 3.63) is 0 Å². The molecule has 0 aromatic rings. The normalized spacial score (nSPS) is 33.5. The van der Waals surface area contributed by atoms with Crippen molar-refractivity contribution in [1.29, 1.82) is 0 Å². The lowest BCUT2D eigenvalue weighted by Gasteiger charge is -2.37. The van der Waals surface area contributed by atoms with Crippen LogP contribution in [0, 0.1) is 5.92 Å². The number of likely N-dealkylation sites (N-methyl/N-ethyl adjacent to an activating group) is 1. The Morgan fingerprint density at radius 2 is 1.72 bits per heavy atom. The molecule has 1 aliphatic heterocycles. The molecule has 4 heteroatoms. The van der Waals surface area contributed by atoms with Crippen LogP contribution < -0.4 is 5.32 Å². The van der Waals surface area contributed by atoms with E-state index in [1.165, 1.54) is 58.4 Å². The first-order valence-corrected chi connectivity index (χ1v) is 7.48. The summed E-state index contributed by atoms with van der Waals surface area (Å²) in [6, 6.07) is 0.536. The fourth-order valence-corrected chi connectivity index (χ4v) is 3.25. The van der Waals surface area contributed by atoms with Gasteiger partial charge in [-0.15, -0.1) is 0 Å². The topological polar surface area (TPSA) is 38.7 Å². The van der Waals surface area contributed by atoms with Crippen molar-refractivity contribution in [1.82, 2.24) is 15.1 Å². The Bertz CT molecular complexity index is 231. The summed E-state index contributed by atoms with van der Waals surface area (Å²) < 4.78 is 0. The summed E-state index contributed by atoms with van der Waals surface area (Å²) in [6.07, 6.45) is 4.73. The number of piperazine rings is 1. The number of aliphatic hydroxyl groups excluding tert-OH is 1. The minimum Gasteiger partial charge on any atom is -0.379 e. The molecule has 1 unspecified atom stereocenters. The number of nitrogens with zero attached hydrogens (tertiary/aromatic N) is 2. The Hall–Kier alpha value is -0.160. The monoisotopic (exact) mass is 255 g/mol.